The maximum Gasteiger partial charge on any atom is 0.326 e. The zero-order chi connectivity index (χ0) is 34.3. The number of anilines is 1. The lowest BCUT2D eigenvalue weighted by molar-refractivity contribution is -0.140. The zero-order valence-corrected chi connectivity index (χ0v) is 25.3. The number of hydrogen-bond acceptors (Lipinski definition) is 9. The predicted octanol–water partition coefficient (Wildman–Crippen LogP) is 1.22. The number of nitrogens with one attached hydrogen (secondary N) is 5. The SMILES string of the molecule is NNc1ccc(C(=O)NC(Cc2ccc3ccccc3c2)C(=O)NCCCCC(NC(=O)NC(CCC(=O)O)C(=O)O)C(=O)O)cn1. The predicted molar refractivity (Wildman–Crippen MR) is 169 cm³/mol. The maximum atomic E-state index is 13.3. The molecule has 3 atom stereocenters. The fourth-order valence-electron chi connectivity index (χ4n) is 4.61. The summed E-state index contributed by atoms with van der Waals surface area (Å²) in [6.45, 7) is 0.135. The fourth-order valence-corrected chi connectivity index (χ4v) is 4.61. The number of carboxylic acid groups (broad SMARTS) is 3. The van der Waals surface area contributed by atoms with Gasteiger partial charge >= 0.3 is 23.9 Å². The molecular formula is C31H37N7O9. The van der Waals surface area contributed by atoms with Crippen LogP contribution in [-0.4, -0.2) is 80.7 Å². The molecule has 0 saturated heterocycles. The number of carbonyl (C=O) groups is 6. The van der Waals surface area contributed by atoms with Crippen LogP contribution >= 0.6 is 0 Å². The largest absolute Gasteiger partial charge is 0.481 e. The Hall–Kier alpha value is -5.77. The molecule has 0 radical (unpaired) electrons. The van der Waals surface area contributed by atoms with Crippen LogP contribution < -0.4 is 32.5 Å². The Morgan fingerprint density at radius 2 is 1.45 bits per heavy atom. The third-order valence-corrected chi connectivity index (χ3v) is 7.12. The number of amides is 4. The second kappa shape index (κ2) is 17.6. The summed E-state index contributed by atoms with van der Waals surface area (Å²) in [5.41, 5.74) is 3.40. The number of rotatable bonds is 18. The maximum absolute atomic E-state index is 13.3. The Labute approximate surface area is 269 Å². The lowest BCUT2D eigenvalue weighted by Gasteiger charge is -2.20. The third-order valence-electron chi connectivity index (χ3n) is 7.12. The van der Waals surface area contributed by atoms with Gasteiger partial charge in [-0.25, -0.2) is 25.2 Å². The molecule has 1 heterocycles. The summed E-state index contributed by atoms with van der Waals surface area (Å²) in [7, 11) is 0. The number of pyridine rings is 1. The smallest absolute Gasteiger partial charge is 0.326 e. The summed E-state index contributed by atoms with van der Waals surface area (Å²) in [5, 5.41) is 39.2. The van der Waals surface area contributed by atoms with E-state index in [9.17, 15) is 39.0 Å². The highest BCUT2D eigenvalue weighted by Crippen LogP contribution is 2.17. The van der Waals surface area contributed by atoms with Crippen molar-refractivity contribution in [3.8, 4) is 0 Å². The van der Waals surface area contributed by atoms with Gasteiger partial charge in [0.15, 0.2) is 0 Å². The van der Waals surface area contributed by atoms with Crippen molar-refractivity contribution in [2.45, 2.75) is 56.7 Å². The molecule has 250 valence electrons. The molecule has 4 amide bonds. The van der Waals surface area contributed by atoms with Gasteiger partial charge < -0.3 is 42.0 Å². The number of fused-ring (bicyclic) bond motifs is 1. The highest BCUT2D eigenvalue weighted by atomic mass is 16.4. The van der Waals surface area contributed by atoms with E-state index >= 15 is 0 Å². The van der Waals surface area contributed by atoms with E-state index in [0.29, 0.717) is 12.2 Å². The van der Waals surface area contributed by atoms with Gasteiger partial charge in [-0.1, -0.05) is 42.5 Å². The minimum Gasteiger partial charge on any atom is -0.481 e. The van der Waals surface area contributed by atoms with E-state index in [1.165, 1.54) is 18.3 Å². The van der Waals surface area contributed by atoms with Gasteiger partial charge in [-0.2, -0.15) is 0 Å². The Balaban J connectivity index is 1.57. The summed E-state index contributed by atoms with van der Waals surface area (Å²) in [5.74, 6) is 0.638. The van der Waals surface area contributed by atoms with Crippen molar-refractivity contribution in [2.24, 2.45) is 5.84 Å². The van der Waals surface area contributed by atoms with Gasteiger partial charge in [0.1, 0.15) is 23.9 Å². The van der Waals surface area contributed by atoms with Crippen molar-refractivity contribution in [3.05, 3.63) is 71.9 Å². The average molecular weight is 652 g/mol. The standard InChI is InChI=1S/C31H37N7O9/c32-38-25-12-10-21(17-34-25)27(41)35-24(16-18-8-9-19-5-1-2-6-20(19)15-18)28(42)33-14-4-3-7-22(29(43)44)36-31(47)37-23(30(45)46)11-13-26(39)40/h1-2,5-6,8-10,12,15,17,22-24H,3-4,7,11,13-14,16,32H2,(H,33,42)(H,34,38)(H,35,41)(H,39,40)(H,43,44)(H,45,46)(H2,36,37,47). The quantitative estimate of drug-likeness (QED) is 0.0534. The topological polar surface area (TPSA) is 262 Å². The summed E-state index contributed by atoms with van der Waals surface area (Å²) in [4.78, 5) is 76.2. The van der Waals surface area contributed by atoms with Gasteiger partial charge in [0, 0.05) is 25.6 Å². The first-order chi connectivity index (χ1) is 22.5. The van der Waals surface area contributed by atoms with Gasteiger partial charge in [0.2, 0.25) is 5.91 Å². The molecule has 2 aromatic carbocycles. The number of hydrogen-bond donors (Lipinski definition) is 9. The number of carbonyl (C=O) groups excluding carboxylic acids is 3. The van der Waals surface area contributed by atoms with Crippen molar-refractivity contribution in [1.82, 2.24) is 26.3 Å². The minimum atomic E-state index is -1.52. The van der Waals surface area contributed by atoms with E-state index in [-0.39, 0.29) is 37.8 Å². The molecule has 0 aliphatic rings. The molecule has 16 heteroatoms. The molecular weight excluding hydrogens is 614 g/mol. The first kappa shape index (κ1) is 35.7. The molecule has 16 nitrogen and oxygen atoms in total. The van der Waals surface area contributed by atoms with Crippen molar-refractivity contribution in [3.63, 3.8) is 0 Å². The number of aromatic nitrogens is 1. The first-order valence-electron chi connectivity index (χ1n) is 14.7. The molecule has 0 aliphatic heterocycles. The average Bonchev–Trinajstić information content (AvgIpc) is 3.05. The molecule has 3 aromatic rings. The lowest BCUT2D eigenvalue weighted by Crippen LogP contribution is -2.51. The Morgan fingerprint density at radius 3 is 2.06 bits per heavy atom. The molecule has 47 heavy (non-hydrogen) atoms. The van der Waals surface area contributed by atoms with E-state index in [2.05, 4.69) is 31.7 Å². The number of carboxylic acids is 3. The van der Waals surface area contributed by atoms with Gasteiger partial charge in [0.25, 0.3) is 5.91 Å². The molecule has 0 saturated carbocycles. The monoisotopic (exact) mass is 651 g/mol. The number of nitrogens with zero attached hydrogens (tertiary/aromatic N) is 1. The van der Waals surface area contributed by atoms with Gasteiger partial charge in [-0.3, -0.25) is 14.4 Å². The molecule has 0 fully saturated rings. The van der Waals surface area contributed by atoms with E-state index in [4.69, 9.17) is 10.9 Å². The Kier molecular flexibility index (Phi) is 13.4. The van der Waals surface area contributed by atoms with Gasteiger partial charge in [-0.15, -0.1) is 0 Å². The van der Waals surface area contributed by atoms with Crippen LogP contribution in [0, 0.1) is 0 Å². The molecule has 0 bridgehead atoms. The van der Waals surface area contributed by atoms with Crippen molar-refractivity contribution in [2.75, 3.05) is 12.0 Å². The molecule has 10 N–H and O–H groups in total. The molecule has 3 unspecified atom stereocenters. The van der Waals surface area contributed by atoms with Gasteiger partial charge in [0.05, 0.1) is 5.56 Å². The molecule has 0 aliphatic carbocycles. The normalized spacial score (nSPS) is 12.6. The van der Waals surface area contributed by atoms with E-state index in [1.807, 2.05) is 42.5 Å². The third kappa shape index (κ3) is 11.6. The number of unbranched alkanes of at least 4 members (excludes halogenated alkanes) is 1. The molecule has 1 aromatic heterocycles. The summed E-state index contributed by atoms with van der Waals surface area (Å²) >= 11 is 0. The highest BCUT2D eigenvalue weighted by Gasteiger charge is 2.25. The number of nitrogen functional groups attached to an aromatic ring is 1. The van der Waals surface area contributed by atoms with Crippen LogP contribution in [0.4, 0.5) is 10.6 Å². The first-order valence-corrected chi connectivity index (χ1v) is 14.7. The summed E-state index contributed by atoms with van der Waals surface area (Å²) < 4.78 is 0. The Bertz CT molecular complexity index is 1580. The van der Waals surface area contributed by atoms with E-state index in [1.54, 1.807) is 0 Å². The van der Waals surface area contributed by atoms with Crippen LogP contribution in [0.2, 0.25) is 0 Å². The van der Waals surface area contributed by atoms with Crippen molar-refractivity contribution in [1.29, 1.82) is 0 Å². The van der Waals surface area contributed by atoms with Crippen LogP contribution in [0.5, 0.6) is 0 Å². The number of urea groups is 1. The van der Waals surface area contributed by atoms with Crippen LogP contribution in [0.15, 0.2) is 60.8 Å². The van der Waals surface area contributed by atoms with E-state index < -0.39 is 60.3 Å². The number of nitrogens with two attached hydrogens (primary N) is 1. The minimum absolute atomic E-state index is 0.0383. The molecule has 0 spiro atoms. The number of hydrazine groups is 1. The lowest BCUT2D eigenvalue weighted by atomic mass is 10.0. The van der Waals surface area contributed by atoms with Crippen LogP contribution in [0.1, 0.15) is 48.0 Å². The molecule has 3 rings (SSSR count). The number of aliphatic carboxylic acids is 3. The second-order valence-electron chi connectivity index (χ2n) is 10.6. The summed E-state index contributed by atoms with van der Waals surface area (Å²) in [6.07, 6.45) is 1.16. The van der Waals surface area contributed by atoms with E-state index in [0.717, 1.165) is 16.3 Å². The van der Waals surface area contributed by atoms with Crippen LogP contribution in [0.3, 0.4) is 0 Å². The van der Waals surface area contributed by atoms with Crippen LogP contribution in [0.25, 0.3) is 10.8 Å². The Morgan fingerprint density at radius 1 is 0.766 bits per heavy atom. The second-order valence-corrected chi connectivity index (χ2v) is 10.6. The summed E-state index contributed by atoms with van der Waals surface area (Å²) in [6, 6.07) is 11.6. The number of benzene rings is 2. The van der Waals surface area contributed by atoms with Crippen LogP contribution in [-0.2, 0) is 25.6 Å². The van der Waals surface area contributed by atoms with Gasteiger partial charge in [-0.05, 0) is 54.2 Å². The highest BCUT2D eigenvalue weighted by molar-refractivity contribution is 5.97. The fraction of sp³-hybridized carbons (Fsp3) is 0.323. The zero-order valence-electron chi connectivity index (χ0n) is 25.3. The van der Waals surface area contributed by atoms with Crippen molar-refractivity contribution >= 4 is 52.3 Å². The van der Waals surface area contributed by atoms with Crippen molar-refractivity contribution < 1.29 is 44.1 Å².